The largest absolute Gasteiger partial charge is 0.389 e. The van der Waals surface area contributed by atoms with Crippen molar-refractivity contribution in [3.8, 4) is 0 Å². The van der Waals surface area contributed by atoms with Crippen LogP contribution in [0.2, 0.25) is 0 Å². The van der Waals surface area contributed by atoms with Crippen LogP contribution in [0.15, 0.2) is 24.8 Å². The molecule has 5 nitrogen and oxygen atoms in total. The Morgan fingerprint density at radius 1 is 0.750 bits per heavy atom. The first-order chi connectivity index (χ1) is 10.7. The van der Waals surface area contributed by atoms with E-state index in [2.05, 4.69) is 58.2 Å². The first-order valence-electron chi connectivity index (χ1n) is 8.72. The normalized spacial score (nSPS) is 16.2. The van der Waals surface area contributed by atoms with E-state index in [-0.39, 0.29) is 30.9 Å². The molecule has 2 aliphatic heterocycles. The number of aliphatic hydroxyl groups excluding tert-OH is 1. The topological polar surface area (TPSA) is 33.2 Å². The average molecular weight is 381 g/mol. The number of rotatable bonds is 10. The molecule has 0 atom stereocenters. The van der Waals surface area contributed by atoms with Crippen LogP contribution < -0.4 is 0 Å². The summed E-state index contributed by atoms with van der Waals surface area (Å²) >= 11 is 0. The van der Waals surface area contributed by atoms with E-state index in [1.807, 2.05) is 0 Å². The second-order valence-corrected chi connectivity index (χ2v) is 6.41. The molecule has 2 rings (SSSR count). The second kappa shape index (κ2) is 12.6. The molecule has 0 spiro atoms. The molecule has 2 aliphatic rings. The van der Waals surface area contributed by atoms with Crippen molar-refractivity contribution >= 4 is 24.8 Å². The molecular weight excluding hydrogens is 347 g/mol. The maximum atomic E-state index is 10.3. The fourth-order valence-electron chi connectivity index (χ4n) is 2.88. The van der Waals surface area contributed by atoms with Crippen LogP contribution in [0.5, 0.6) is 0 Å². The Balaban J connectivity index is 0.00000264. The number of aliphatic hydroxyl groups is 1. The summed E-state index contributed by atoms with van der Waals surface area (Å²) in [5.41, 5.74) is 0. The maximum Gasteiger partial charge on any atom is 0.0894 e. The monoisotopic (exact) mass is 380 g/mol. The van der Waals surface area contributed by atoms with Crippen molar-refractivity contribution in [1.29, 1.82) is 0 Å². The molecule has 0 aliphatic carbocycles. The summed E-state index contributed by atoms with van der Waals surface area (Å²) in [6.45, 7) is 9.90. The Bertz CT molecular complexity index is 348. The van der Waals surface area contributed by atoms with Gasteiger partial charge in [-0.1, -0.05) is 26.7 Å². The number of hydrogen-bond acceptors (Lipinski definition) is 5. The van der Waals surface area contributed by atoms with E-state index in [1.54, 1.807) is 0 Å². The Kier molecular flexibility index (Phi) is 12.2. The molecule has 0 unspecified atom stereocenters. The highest BCUT2D eigenvalue weighted by Gasteiger charge is 2.19. The first kappa shape index (κ1) is 23.2. The summed E-state index contributed by atoms with van der Waals surface area (Å²) in [6, 6.07) is 0. The summed E-state index contributed by atoms with van der Waals surface area (Å²) in [7, 11) is 0. The van der Waals surface area contributed by atoms with Crippen LogP contribution in [0, 0.1) is 0 Å². The van der Waals surface area contributed by atoms with Crippen LogP contribution in [0.25, 0.3) is 0 Å². The molecule has 24 heavy (non-hydrogen) atoms. The van der Waals surface area contributed by atoms with E-state index in [1.165, 1.54) is 25.7 Å². The molecular formula is C17H34Cl2N4O. The number of β-amino-alcohol motifs (C(OH)–C–C–N with tert-alkyl or cyclic N) is 1. The summed E-state index contributed by atoms with van der Waals surface area (Å²) in [4.78, 5) is 9.04. The standard InChI is InChI=1S/C17H32N4O.2ClH/c1-3-5-7-18-9-11-20(15-18)13-17(22)14-21-12-10-19(16-21)8-6-4-2;;/h9-12,17,22H,3-8,13-16H2,1-2H3;2*1H. The quantitative estimate of drug-likeness (QED) is 0.629. The Morgan fingerprint density at radius 3 is 1.50 bits per heavy atom. The van der Waals surface area contributed by atoms with Gasteiger partial charge in [-0.2, -0.15) is 0 Å². The summed E-state index contributed by atoms with van der Waals surface area (Å²) in [6.07, 6.45) is 13.1. The van der Waals surface area contributed by atoms with Gasteiger partial charge in [0, 0.05) is 51.0 Å². The molecule has 0 bridgehead atoms. The predicted molar refractivity (Wildman–Crippen MR) is 105 cm³/mol. The fraction of sp³-hybridized carbons (Fsp3) is 0.765. The molecule has 0 amide bonds. The SMILES string of the molecule is CCCCN1C=CN(CC(O)CN2C=CN(CCCC)C2)C1.Cl.Cl. The van der Waals surface area contributed by atoms with Crippen LogP contribution >= 0.6 is 24.8 Å². The van der Waals surface area contributed by atoms with Gasteiger partial charge >= 0.3 is 0 Å². The van der Waals surface area contributed by atoms with Crippen molar-refractivity contribution in [1.82, 2.24) is 19.6 Å². The molecule has 0 aromatic heterocycles. The molecule has 0 aromatic rings. The van der Waals surface area contributed by atoms with Gasteiger partial charge in [-0.25, -0.2) is 0 Å². The zero-order chi connectivity index (χ0) is 15.8. The predicted octanol–water partition coefficient (Wildman–Crippen LogP) is 2.88. The summed E-state index contributed by atoms with van der Waals surface area (Å²) < 4.78 is 0. The third kappa shape index (κ3) is 7.86. The van der Waals surface area contributed by atoms with Crippen molar-refractivity contribution < 1.29 is 5.11 Å². The van der Waals surface area contributed by atoms with Crippen molar-refractivity contribution in [3.63, 3.8) is 0 Å². The van der Waals surface area contributed by atoms with Gasteiger partial charge in [-0.15, -0.1) is 24.8 Å². The number of hydrogen-bond donors (Lipinski definition) is 1. The number of unbranched alkanes of at least 4 members (excludes halogenated alkanes) is 2. The third-order valence-electron chi connectivity index (χ3n) is 4.19. The summed E-state index contributed by atoms with van der Waals surface area (Å²) in [5, 5.41) is 10.3. The molecule has 7 heteroatoms. The van der Waals surface area contributed by atoms with Crippen molar-refractivity contribution in [2.45, 2.75) is 45.6 Å². The van der Waals surface area contributed by atoms with Gasteiger partial charge in [0.05, 0.1) is 19.4 Å². The maximum absolute atomic E-state index is 10.3. The van der Waals surface area contributed by atoms with Crippen LogP contribution in [-0.2, 0) is 0 Å². The highest BCUT2D eigenvalue weighted by Crippen LogP contribution is 2.11. The second-order valence-electron chi connectivity index (χ2n) is 6.41. The summed E-state index contributed by atoms with van der Waals surface area (Å²) in [5.74, 6) is 0. The Hall–Kier alpha value is -0.780. The van der Waals surface area contributed by atoms with Gasteiger partial charge in [0.2, 0.25) is 0 Å². The van der Waals surface area contributed by atoms with Crippen molar-refractivity contribution in [3.05, 3.63) is 24.8 Å². The first-order valence-corrected chi connectivity index (χ1v) is 8.72. The van der Waals surface area contributed by atoms with E-state index in [4.69, 9.17) is 0 Å². The van der Waals surface area contributed by atoms with Crippen LogP contribution in [-0.4, -0.2) is 70.3 Å². The highest BCUT2D eigenvalue weighted by molar-refractivity contribution is 5.85. The average Bonchev–Trinajstić information content (AvgIpc) is 3.12. The van der Waals surface area contributed by atoms with E-state index in [0.717, 1.165) is 26.4 Å². The molecule has 0 fully saturated rings. The van der Waals surface area contributed by atoms with E-state index in [0.29, 0.717) is 13.1 Å². The zero-order valence-corrected chi connectivity index (χ0v) is 16.6. The minimum atomic E-state index is -0.313. The molecule has 0 aromatic carbocycles. The van der Waals surface area contributed by atoms with Gasteiger partial charge in [-0.05, 0) is 12.8 Å². The molecule has 0 saturated carbocycles. The molecule has 142 valence electrons. The van der Waals surface area contributed by atoms with Gasteiger partial charge in [0.1, 0.15) is 0 Å². The molecule has 0 radical (unpaired) electrons. The lowest BCUT2D eigenvalue weighted by molar-refractivity contribution is 0.0902. The molecule has 1 N–H and O–H groups in total. The number of nitrogens with zero attached hydrogens (tertiary/aromatic N) is 4. The minimum absolute atomic E-state index is 0. The fourth-order valence-corrected chi connectivity index (χ4v) is 2.88. The minimum Gasteiger partial charge on any atom is -0.389 e. The third-order valence-corrected chi connectivity index (χ3v) is 4.19. The lowest BCUT2D eigenvalue weighted by Crippen LogP contribution is -2.39. The van der Waals surface area contributed by atoms with E-state index in [9.17, 15) is 5.11 Å². The Morgan fingerprint density at radius 2 is 1.12 bits per heavy atom. The smallest absolute Gasteiger partial charge is 0.0894 e. The zero-order valence-electron chi connectivity index (χ0n) is 15.0. The van der Waals surface area contributed by atoms with E-state index >= 15 is 0 Å². The number of halogens is 2. The molecule has 2 heterocycles. The van der Waals surface area contributed by atoms with E-state index < -0.39 is 0 Å². The van der Waals surface area contributed by atoms with Crippen LogP contribution in [0.4, 0.5) is 0 Å². The van der Waals surface area contributed by atoms with Crippen LogP contribution in [0.3, 0.4) is 0 Å². The Labute approximate surface area is 159 Å². The lowest BCUT2D eigenvalue weighted by atomic mass is 10.3. The van der Waals surface area contributed by atoms with Crippen molar-refractivity contribution in [2.24, 2.45) is 0 Å². The van der Waals surface area contributed by atoms with Crippen molar-refractivity contribution in [2.75, 3.05) is 39.5 Å². The van der Waals surface area contributed by atoms with Crippen LogP contribution in [0.1, 0.15) is 39.5 Å². The van der Waals surface area contributed by atoms with Gasteiger partial charge in [-0.3, -0.25) is 0 Å². The van der Waals surface area contributed by atoms with Gasteiger partial charge in [0.25, 0.3) is 0 Å². The highest BCUT2D eigenvalue weighted by atomic mass is 35.5. The molecule has 0 saturated heterocycles. The van der Waals surface area contributed by atoms with Gasteiger partial charge in [0.15, 0.2) is 0 Å². The lowest BCUT2D eigenvalue weighted by Gasteiger charge is -2.27. The van der Waals surface area contributed by atoms with Gasteiger partial charge < -0.3 is 24.7 Å².